The van der Waals surface area contributed by atoms with Gasteiger partial charge in [-0.1, -0.05) is 93.6 Å². The maximum absolute atomic E-state index is 6.87. The van der Waals surface area contributed by atoms with E-state index in [-0.39, 0.29) is 5.41 Å². The number of methoxy groups -OCH3 is 1. The number of anilines is 5. The summed E-state index contributed by atoms with van der Waals surface area (Å²) in [6, 6.07) is 61.9. The highest BCUT2D eigenvalue weighted by molar-refractivity contribution is 6.19. The van der Waals surface area contributed by atoms with E-state index in [0.717, 1.165) is 163 Å². The van der Waals surface area contributed by atoms with Gasteiger partial charge in [0.15, 0.2) is 0 Å². The van der Waals surface area contributed by atoms with Crippen LogP contribution in [0.25, 0.3) is 104 Å². The maximum Gasteiger partial charge on any atom is 0.137 e. The molecule has 5 heterocycles. The number of aryl methyl sites for hydroxylation is 1. The smallest absolute Gasteiger partial charge is 0.137 e. The van der Waals surface area contributed by atoms with Crippen LogP contribution in [-0.4, -0.2) is 7.11 Å². The molecule has 14 aromatic rings. The van der Waals surface area contributed by atoms with Crippen LogP contribution in [0, 0.1) is 0 Å². The molecule has 9 aromatic carbocycles. The Morgan fingerprint density at radius 3 is 1.51 bits per heavy atom. The number of furan rings is 5. The highest BCUT2D eigenvalue weighted by atomic mass is 16.5. The Morgan fingerprint density at radius 2 is 0.882 bits per heavy atom. The van der Waals surface area contributed by atoms with Gasteiger partial charge in [0.2, 0.25) is 0 Å². The fourth-order valence-corrected chi connectivity index (χ4v) is 11.8. The van der Waals surface area contributed by atoms with Gasteiger partial charge in [-0.15, -0.1) is 0 Å². The first-order chi connectivity index (χ1) is 37.0. The summed E-state index contributed by atoms with van der Waals surface area (Å²) in [6.45, 7) is 11.0. The van der Waals surface area contributed by atoms with E-state index in [0.29, 0.717) is 0 Å². The lowest BCUT2D eigenvalue weighted by Gasteiger charge is -2.31. The van der Waals surface area contributed by atoms with Crippen LogP contribution in [0.3, 0.4) is 0 Å². The van der Waals surface area contributed by atoms with Crippen LogP contribution in [0.4, 0.5) is 28.4 Å². The monoisotopic (exact) mass is 992 g/mol. The van der Waals surface area contributed by atoms with E-state index in [9.17, 15) is 0 Å². The minimum atomic E-state index is -0.504. The Morgan fingerprint density at radius 1 is 0.395 bits per heavy atom. The molecule has 0 atom stereocenters. The van der Waals surface area contributed by atoms with Gasteiger partial charge >= 0.3 is 0 Å². The molecule has 0 radical (unpaired) electrons. The van der Waals surface area contributed by atoms with Crippen molar-refractivity contribution in [1.82, 2.24) is 0 Å². The first kappa shape index (κ1) is 44.5. The van der Waals surface area contributed by atoms with Crippen molar-refractivity contribution >= 4 is 133 Å². The van der Waals surface area contributed by atoms with Gasteiger partial charge < -0.3 is 36.6 Å². The number of para-hydroxylation sites is 2. The molecule has 0 aliphatic heterocycles. The predicted molar refractivity (Wildman–Crippen MR) is 310 cm³/mol. The van der Waals surface area contributed by atoms with Crippen LogP contribution in [-0.2, 0) is 22.2 Å². The van der Waals surface area contributed by atoms with Crippen molar-refractivity contribution in [3.8, 4) is 0 Å². The van der Waals surface area contributed by atoms with Crippen molar-refractivity contribution in [2.45, 2.75) is 58.5 Å². The second-order valence-corrected chi connectivity index (χ2v) is 21.9. The van der Waals surface area contributed by atoms with Gasteiger partial charge in [0.1, 0.15) is 56.0 Å². The third-order valence-electron chi connectivity index (χ3n) is 15.9. The van der Waals surface area contributed by atoms with Gasteiger partial charge in [-0.25, -0.2) is 0 Å². The molecule has 15 rings (SSSR count). The molecule has 0 N–H and O–H groups in total. The molecule has 0 fully saturated rings. The molecule has 0 saturated carbocycles. The van der Waals surface area contributed by atoms with E-state index in [4.69, 9.17) is 26.8 Å². The van der Waals surface area contributed by atoms with Gasteiger partial charge in [0.25, 0.3) is 0 Å². The summed E-state index contributed by atoms with van der Waals surface area (Å²) in [5.41, 5.74) is 16.3. The van der Waals surface area contributed by atoms with Gasteiger partial charge in [-0.2, -0.15) is 0 Å². The summed E-state index contributed by atoms with van der Waals surface area (Å²) in [6.07, 6.45) is 4.09. The molecule has 1 aliphatic rings. The average Bonchev–Trinajstić information content (AvgIpc) is 4.31. The minimum absolute atomic E-state index is 0.0366. The van der Waals surface area contributed by atoms with Crippen LogP contribution in [0.15, 0.2) is 204 Å². The van der Waals surface area contributed by atoms with Crippen molar-refractivity contribution in [3.05, 3.63) is 204 Å². The van der Waals surface area contributed by atoms with Gasteiger partial charge in [-0.05, 0) is 134 Å². The number of benzene rings is 9. The fraction of sp³-hybridized carbons (Fsp3) is 0.147. The van der Waals surface area contributed by atoms with Crippen LogP contribution in [0.1, 0.15) is 63.5 Å². The Balaban J connectivity index is 0.847. The zero-order chi connectivity index (χ0) is 51.2. The summed E-state index contributed by atoms with van der Waals surface area (Å²) in [5, 5.41) is 9.12. The first-order valence-electron chi connectivity index (χ1n) is 26.1. The number of allylic oxidation sites excluding steroid dienone is 1. The lowest BCUT2D eigenvalue weighted by atomic mass is 9.86. The van der Waals surface area contributed by atoms with Crippen LogP contribution in [0.5, 0.6) is 0 Å². The SMILES string of the molecule is COC(C)(C)c1cccc(N(c2ccc3c(c2)oc2cc4c(cc23)oc2cc3c(cc24)oc2cc(N(C4=CCCc5oc6ccccc6c54)c4cccc(C(C)(C)C)c4)ccc23)c2cccc3oc4ccccc4c23)c1. The largest absolute Gasteiger partial charge is 0.460 e. The van der Waals surface area contributed by atoms with Gasteiger partial charge in [0.05, 0.1) is 22.4 Å². The molecule has 0 amide bonds. The summed E-state index contributed by atoms with van der Waals surface area (Å²) < 4.78 is 39.4. The van der Waals surface area contributed by atoms with E-state index < -0.39 is 5.60 Å². The lowest BCUT2D eigenvalue weighted by Crippen LogP contribution is -2.20. The number of nitrogens with zero attached hydrogens (tertiary/aromatic N) is 2. The third kappa shape index (κ3) is 6.80. The van der Waals surface area contributed by atoms with Crippen LogP contribution < -0.4 is 9.80 Å². The van der Waals surface area contributed by atoms with Gasteiger partial charge in [0, 0.05) is 97.1 Å². The molecule has 0 bridgehead atoms. The molecule has 76 heavy (non-hydrogen) atoms. The molecular weight excluding hydrogens is 941 g/mol. The van der Waals surface area contributed by atoms with Crippen molar-refractivity contribution in [3.63, 3.8) is 0 Å². The summed E-state index contributed by atoms with van der Waals surface area (Å²) in [5.74, 6) is 1.02. The lowest BCUT2D eigenvalue weighted by molar-refractivity contribution is 0.0192. The van der Waals surface area contributed by atoms with Crippen LogP contribution >= 0.6 is 0 Å². The van der Waals surface area contributed by atoms with Crippen molar-refractivity contribution in [2.24, 2.45) is 0 Å². The summed E-state index contributed by atoms with van der Waals surface area (Å²) >= 11 is 0. The number of hydrogen-bond acceptors (Lipinski definition) is 8. The number of fused-ring (bicyclic) bond motifs is 15. The predicted octanol–water partition coefficient (Wildman–Crippen LogP) is 19.8. The van der Waals surface area contributed by atoms with Crippen LogP contribution in [0.2, 0.25) is 0 Å². The first-order valence-corrected chi connectivity index (χ1v) is 26.1. The summed E-state index contributed by atoms with van der Waals surface area (Å²) in [4.78, 5) is 4.67. The molecule has 1 aliphatic carbocycles. The molecule has 0 spiro atoms. The number of hydrogen-bond donors (Lipinski definition) is 0. The molecule has 5 aromatic heterocycles. The highest BCUT2D eigenvalue weighted by Gasteiger charge is 2.29. The zero-order valence-corrected chi connectivity index (χ0v) is 43.1. The van der Waals surface area contributed by atoms with E-state index in [1.54, 1.807) is 7.11 Å². The Kier molecular flexibility index (Phi) is 9.52. The average molecular weight is 993 g/mol. The molecule has 0 saturated heterocycles. The topological polar surface area (TPSA) is 81.4 Å². The molecule has 0 unspecified atom stereocenters. The standard InChI is InChI=1S/C68H52N2O6/c1-67(2,3)39-15-11-17-41(31-39)69(53-21-13-25-57-65(53)47-19-7-9-23-55(47)72-57)43-27-29-45-49-35-63-51(37-61(49)74-59(45)33-43)52-38-62-50(36-64(52)76-63)46-30-28-44(34-60(46)75-62)70(42-18-12-16-40(32-42)68(4,5)71-6)54-22-14-26-58-66(54)48-20-8-10-24-56(48)73-58/h7-12,14-24,26-38H,13,25H2,1-6H3. The van der Waals surface area contributed by atoms with Crippen molar-refractivity contribution < 1.29 is 26.8 Å². The van der Waals surface area contributed by atoms with Crippen molar-refractivity contribution in [2.75, 3.05) is 16.9 Å². The van der Waals surface area contributed by atoms with Gasteiger partial charge in [-0.3, -0.25) is 0 Å². The normalized spacial score (nSPS) is 13.4. The molecular formula is C68H52N2O6. The second-order valence-electron chi connectivity index (χ2n) is 21.9. The fourth-order valence-electron chi connectivity index (χ4n) is 11.8. The quantitative estimate of drug-likeness (QED) is 0.149. The zero-order valence-electron chi connectivity index (χ0n) is 43.1. The summed E-state index contributed by atoms with van der Waals surface area (Å²) in [7, 11) is 1.75. The van der Waals surface area contributed by atoms with Crippen molar-refractivity contribution in [1.29, 1.82) is 0 Å². The highest BCUT2D eigenvalue weighted by Crippen LogP contribution is 2.48. The molecule has 8 nitrogen and oxygen atoms in total. The Hall–Kier alpha value is -8.98. The maximum atomic E-state index is 6.87. The number of rotatable bonds is 8. The Labute approximate surface area is 437 Å². The van der Waals surface area contributed by atoms with E-state index in [1.807, 2.05) is 24.3 Å². The molecule has 370 valence electrons. The van der Waals surface area contributed by atoms with E-state index in [1.165, 1.54) is 5.56 Å². The third-order valence-corrected chi connectivity index (χ3v) is 15.9. The van der Waals surface area contributed by atoms with E-state index >= 15 is 0 Å². The number of ether oxygens (including phenoxy) is 1. The van der Waals surface area contributed by atoms with E-state index in [2.05, 4.69) is 202 Å². The second kappa shape index (κ2) is 16.3. The Bertz CT molecular complexity index is 4740. The molecule has 8 heteroatoms. The minimum Gasteiger partial charge on any atom is -0.460 e.